The van der Waals surface area contributed by atoms with Crippen LogP contribution in [0, 0.1) is 5.41 Å². The standard InChI is InChI=1S/C24H25N7O/c1-24(22(32)31-8-2-3-9-31)11-17(12-24)28-23-26-14-19-18(13-25-21(19)29-23)15-4-5-20-16(10-15)6-7-27-30-20/h4-7,10,13-14,17H,2-3,8-9,11-12H2,1H3,(H2,25,26,28,29). The molecular weight excluding hydrogens is 402 g/mol. The topological polar surface area (TPSA) is 99.7 Å². The van der Waals surface area contributed by atoms with E-state index in [0.717, 1.165) is 71.8 Å². The van der Waals surface area contributed by atoms with Crippen molar-refractivity contribution in [2.24, 2.45) is 5.41 Å². The summed E-state index contributed by atoms with van der Waals surface area (Å²) >= 11 is 0. The highest BCUT2D eigenvalue weighted by Crippen LogP contribution is 2.44. The van der Waals surface area contributed by atoms with Gasteiger partial charge < -0.3 is 15.2 Å². The van der Waals surface area contributed by atoms with Crippen LogP contribution in [0.25, 0.3) is 33.1 Å². The molecule has 1 aromatic carbocycles. The molecule has 0 atom stereocenters. The van der Waals surface area contributed by atoms with Gasteiger partial charge in [0.05, 0.1) is 17.1 Å². The minimum atomic E-state index is -0.258. The predicted octanol–water partition coefficient (Wildman–Crippen LogP) is 3.77. The number of likely N-dealkylation sites (tertiary alicyclic amines) is 1. The molecule has 8 heteroatoms. The first-order valence-corrected chi connectivity index (χ1v) is 11.2. The number of benzene rings is 1. The summed E-state index contributed by atoms with van der Waals surface area (Å²) in [6.07, 6.45) is 9.42. The van der Waals surface area contributed by atoms with E-state index >= 15 is 0 Å². The summed E-state index contributed by atoms with van der Waals surface area (Å²) in [7, 11) is 0. The number of anilines is 1. The van der Waals surface area contributed by atoms with Gasteiger partial charge in [0, 0.05) is 47.9 Å². The highest BCUT2D eigenvalue weighted by Gasteiger charge is 2.48. The third-order valence-corrected chi connectivity index (χ3v) is 6.89. The molecule has 1 aliphatic carbocycles. The zero-order valence-corrected chi connectivity index (χ0v) is 18.0. The van der Waals surface area contributed by atoms with E-state index in [1.165, 1.54) is 0 Å². The summed E-state index contributed by atoms with van der Waals surface area (Å²) < 4.78 is 0. The third-order valence-electron chi connectivity index (χ3n) is 6.89. The fraction of sp³-hybridized carbons (Fsp3) is 0.375. The quantitative estimate of drug-likeness (QED) is 0.514. The van der Waals surface area contributed by atoms with Gasteiger partial charge in [-0.3, -0.25) is 4.79 Å². The summed E-state index contributed by atoms with van der Waals surface area (Å²) in [6, 6.07) is 8.30. The van der Waals surface area contributed by atoms with E-state index in [0.29, 0.717) is 11.9 Å². The number of hydrogen-bond acceptors (Lipinski definition) is 6. The van der Waals surface area contributed by atoms with Crippen molar-refractivity contribution < 1.29 is 4.79 Å². The summed E-state index contributed by atoms with van der Waals surface area (Å²) in [4.78, 5) is 27.3. The molecule has 6 rings (SSSR count). The molecule has 2 N–H and O–H groups in total. The average Bonchev–Trinajstić information content (AvgIpc) is 3.47. The summed E-state index contributed by atoms with van der Waals surface area (Å²) in [5.74, 6) is 0.903. The minimum absolute atomic E-state index is 0.222. The lowest BCUT2D eigenvalue weighted by atomic mass is 9.66. The Morgan fingerprint density at radius 3 is 2.91 bits per heavy atom. The van der Waals surface area contributed by atoms with Crippen LogP contribution in [0.2, 0.25) is 0 Å². The fourth-order valence-electron chi connectivity index (χ4n) is 5.16. The predicted molar refractivity (Wildman–Crippen MR) is 123 cm³/mol. The van der Waals surface area contributed by atoms with Crippen LogP contribution in [0.4, 0.5) is 5.95 Å². The van der Waals surface area contributed by atoms with E-state index in [-0.39, 0.29) is 11.5 Å². The lowest BCUT2D eigenvalue weighted by Crippen LogP contribution is -2.53. The fourth-order valence-corrected chi connectivity index (χ4v) is 5.16. The van der Waals surface area contributed by atoms with Gasteiger partial charge in [-0.1, -0.05) is 13.0 Å². The van der Waals surface area contributed by atoms with Crippen molar-refractivity contribution in [2.75, 3.05) is 18.4 Å². The molecular formula is C24H25N7O. The first-order chi connectivity index (χ1) is 15.6. The SMILES string of the molecule is CC1(C(=O)N2CCCC2)CC(Nc2ncc3c(-c4ccc5nnccc5c4)c[nH]c3n2)C1. The Morgan fingerprint density at radius 1 is 1.22 bits per heavy atom. The zero-order valence-electron chi connectivity index (χ0n) is 18.0. The van der Waals surface area contributed by atoms with E-state index < -0.39 is 0 Å². The maximum atomic E-state index is 12.8. The van der Waals surface area contributed by atoms with Crippen molar-refractivity contribution >= 4 is 33.8 Å². The molecule has 0 spiro atoms. The van der Waals surface area contributed by atoms with Crippen molar-refractivity contribution in [3.63, 3.8) is 0 Å². The Labute approximate surface area is 185 Å². The smallest absolute Gasteiger partial charge is 0.228 e. The highest BCUT2D eigenvalue weighted by atomic mass is 16.2. The second-order valence-corrected chi connectivity index (χ2v) is 9.27. The minimum Gasteiger partial charge on any atom is -0.351 e. The molecule has 1 saturated carbocycles. The molecule has 32 heavy (non-hydrogen) atoms. The normalized spacial score (nSPS) is 22.9. The van der Waals surface area contributed by atoms with Crippen molar-refractivity contribution in [1.29, 1.82) is 0 Å². The Balaban J connectivity index is 1.18. The van der Waals surface area contributed by atoms with E-state index in [9.17, 15) is 4.79 Å². The van der Waals surface area contributed by atoms with Gasteiger partial charge in [0.2, 0.25) is 11.9 Å². The van der Waals surface area contributed by atoms with Crippen molar-refractivity contribution in [2.45, 2.75) is 38.6 Å². The van der Waals surface area contributed by atoms with Gasteiger partial charge in [0.25, 0.3) is 0 Å². The molecule has 2 fully saturated rings. The summed E-state index contributed by atoms with van der Waals surface area (Å²) in [6.45, 7) is 3.90. The van der Waals surface area contributed by atoms with Crippen molar-refractivity contribution in [3.8, 4) is 11.1 Å². The Kier molecular flexibility index (Phi) is 4.34. The number of carbonyl (C=O) groups is 1. The Hall–Kier alpha value is -3.55. The maximum absolute atomic E-state index is 12.8. The van der Waals surface area contributed by atoms with Crippen LogP contribution >= 0.6 is 0 Å². The van der Waals surface area contributed by atoms with Gasteiger partial charge in [0.15, 0.2) is 0 Å². The van der Waals surface area contributed by atoms with Gasteiger partial charge in [-0.2, -0.15) is 15.2 Å². The molecule has 8 nitrogen and oxygen atoms in total. The highest BCUT2D eigenvalue weighted by molar-refractivity contribution is 5.96. The van der Waals surface area contributed by atoms with Crippen molar-refractivity contribution in [1.82, 2.24) is 30.0 Å². The van der Waals surface area contributed by atoms with E-state index in [2.05, 4.69) is 43.5 Å². The van der Waals surface area contributed by atoms with Crippen LogP contribution < -0.4 is 5.32 Å². The van der Waals surface area contributed by atoms with Gasteiger partial charge in [0.1, 0.15) is 5.65 Å². The van der Waals surface area contributed by atoms with Gasteiger partial charge >= 0.3 is 0 Å². The first-order valence-electron chi connectivity index (χ1n) is 11.2. The molecule has 1 aliphatic heterocycles. The largest absolute Gasteiger partial charge is 0.351 e. The second kappa shape index (κ2) is 7.25. The van der Waals surface area contributed by atoms with E-state index in [1.807, 2.05) is 35.5 Å². The molecule has 0 radical (unpaired) electrons. The van der Waals surface area contributed by atoms with Crippen LogP contribution in [0.15, 0.2) is 42.9 Å². The van der Waals surface area contributed by atoms with Gasteiger partial charge in [-0.15, -0.1) is 0 Å². The second-order valence-electron chi connectivity index (χ2n) is 9.27. The monoisotopic (exact) mass is 427 g/mol. The molecule has 2 aliphatic rings. The maximum Gasteiger partial charge on any atom is 0.228 e. The van der Waals surface area contributed by atoms with Crippen LogP contribution in [0.5, 0.6) is 0 Å². The molecule has 4 heterocycles. The number of H-pyrrole nitrogens is 1. The number of nitrogens with zero attached hydrogens (tertiary/aromatic N) is 5. The number of carbonyl (C=O) groups excluding carboxylic acids is 1. The Morgan fingerprint density at radius 2 is 2.06 bits per heavy atom. The number of nitrogens with one attached hydrogen (secondary N) is 2. The van der Waals surface area contributed by atoms with Crippen LogP contribution in [0.3, 0.4) is 0 Å². The van der Waals surface area contributed by atoms with E-state index in [1.54, 1.807) is 6.20 Å². The number of aromatic nitrogens is 5. The Bertz CT molecular complexity index is 1320. The molecule has 0 unspecified atom stereocenters. The average molecular weight is 428 g/mol. The molecule has 1 saturated heterocycles. The number of fused-ring (bicyclic) bond motifs is 2. The lowest BCUT2D eigenvalue weighted by Gasteiger charge is -2.45. The molecule has 1 amide bonds. The third kappa shape index (κ3) is 3.18. The van der Waals surface area contributed by atoms with Gasteiger partial charge in [-0.05, 0) is 49.4 Å². The first kappa shape index (κ1) is 19.2. The number of hydrogen-bond donors (Lipinski definition) is 2. The van der Waals surface area contributed by atoms with Crippen LogP contribution in [-0.4, -0.2) is 55.1 Å². The molecule has 4 aromatic rings. The number of rotatable bonds is 4. The number of aromatic amines is 1. The van der Waals surface area contributed by atoms with Gasteiger partial charge in [-0.25, -0.2) is 4.98 Å². The van der Waals surface area contributed by atoms with E-state index in [4.69, 9.17) is 0 Å². The number of amides is 1. The van der Waals surface area contributed by atoms with Crippen LogP contribution in [0.1, 0.15) is 32.6 Å². The van der Waals surface area contributed by atoms with Crippen molar-refractivity contribution in [3.05, 3.63) is 42.9 Å². The lowest BCUT2D eigenvalue weighted by molar-refractivity contribution is -0.145. The molecule has 3 aromatic heterocycles. The van der Waals surface area contributed by atoms with Crippen LogP contribution in [-0.2, 0) is 4.79 Å². The summed E-state index contributed by atoms with van der Waals surface area (Å²) in [5.41, 5.74) is 3.54. The molecule has 162 valence electrons. The summed E-state index contributed by atoms with van der Waals surface area (Å²) in [5, 5.41) is 13.5. The zero-order chi connectivity index (χ0) is 21.7. The molecule has 0 bridgehead atoms.